The highest BCUT2D eigenvalue weighted by molar-refractivity contribution is 5.65. The van der Waals surface area contributed by atoms with Gasteiger partial charge in [0.05, 0.1) is 18.3 Å². The number of carbonyl (C=O) groups is 1. The van der Waals surface area contributed by atoms with Crippen LogP contribution in [0, 0.1) is 17.3 Å². The summed E-state index contributed by atoms with van der Waals surface area (Å²) in [6.07, 6.45) is 1.27. The van der Waals surface area contributed by atoms with Crippen LogP contribution in [0.25, 0.3) is 0 Å². The molecule has 0 aromatic heterocycles. The van der Waals surface area contributed by atoms with Gasteiger partial charge in [0.15, 0.2) is 0 Å². The number of ether oxygens (including phenoxy) is 1. The fraction of sp³-hybridized carbons (Fsp3) is 0.923. The molecule has 4 heteroatoms. The monoisotopic (exact) mass is 242 g/mol. The van der Waals surface area contributed by atoms with Crippen molar-refractivity contribution in [3.05, 3.63) is 0 Å². The molecule has 2 N–H and O–H groups in total. The van der Waals surface area contributed by atoms with Crippen LogP contribution in [-0.4, -0.2) is 34.5 Å². The summed E-state index contributed by atoms with van der Waals surface area (Å²) in [4.78, 5) is 10.7. The fourth-order valence-corrected chi connectivity index (χ4v) is 3.67. The van der Waals surface area contributed by atoms with E-state index in [4.69, 9.17) is 4.74 Å². The lowest BCUT2D eigenvalue weighted by atomic mass is 9.43. The van der Waals surface area contributed by atoms with Crippen LogP contribution in [0.4, 0.5) is 0 Å². The Balaban J connectivity index is 2.03. The van der Waals surface area contributed by atoms with Gasteiger partial charge in [-0.1, -0.05) is 13.8 Å². The van der Waals surface area contributed by atoms with Crippen molar-refractivity contribution in [2.45, 2.75) is 51.7 Å². The molecule has 3 fully saturated rings. The zero-order chi connectivity index (χ0) is 12.8. The minimum absolute atomic E-state index is 0.0875. The van der Waals surface area contributed by atoms with Crippen LogP contribution in [0.5, 0.6) is 0 Å². The summed E-state index contributed by atoms with van der Waals surface area (Å²) in [7, 11) is 0. The third kappa shape index (κ3) is 1.87. The van der Waals surface area contributed by atoms with Gasteiger partial charge in [-0.15, -0.1) is 0 Å². The molecule has 3 saturated carbocycles. The Labute approximate surface area is 102 Å². The highest BCUT2D eigenvalue weighted by Gasteiger charge is 2.64. The van der Waals surface area contributed by atoms with Crippen LogP contribution in [0.15, 0.2) is 0 Å². The summed E-state index contributed by atoms with van der Waals surface area (Å²) < 4.78 is 4.88. The molecule has 0 aliphatic heterocycles. The largest absolute Gasteiger partial charge is 0.466 e. The van der Waals surface area contributed by atoms with Crippen LogP contribution in [0.3, 0.4) is 0 Å². The van der Waals surface area contributed by atoms with Gasteiger partial charge in [-0.25, -0.2) is 0 Å². The normalized spacial score (nSPS) is 42.8. The molecular weight excluding hydrogens is 220 g/mol. The van der Waals surface area contributed by atoms with E-state index in [9.17, 15) is 15.0 Å². The molecule has 98 valence electrons. The molecule has 0 saturated heterocycles. The molecule has 2 bridgehead atoms. The average molecular weight is 242 g/mol. The number of esters is 1. The zero-order valence-corrected chi connectivity index (χ0v) is 10.8. The van der Waals surface area contributed by atoms with E-state index in [0.717, 1.165) is 6.42 Å². The van der Waals surface area contributed by atoms with Crippen molar-refractivity contribution in [2.75, 3.05) is 6.61 Å². The van der Waals surface area contributed by atoms with E-state index < -0.39 is 11.7 Å². The van der Waals surface area contributed by atoms with Crippen molar-refractivity contribution in [1.29, 1.82) is 0 Å². The molecular formula is C13H22O4. The quantitative estimate of drug-likeness (QED) is 0.727. The van der Waals surface area contributed by atoms with Crippen molar-refractivity contribution in [3.8, 4) is 0 Å². The van der Waals surface area contributed by atoms with Crippen LogP contribution in [0.1, 0.15) is 40.0 Å². The van der Waals surface area contributed by atoms with Gasteiger partial charge in [-0.3, -0.25) is 4.79 Å². The van der Waals surface area contributed by atoms with Crippen LogP contribution in [-0.2, 0) is 9.53 Å². The lowest BCUT2D eigenvalue weighted by molar-refractivity contribution is -0.258. The first kappa shape index (κ1) is 12.8. The third-order valence-corrected chi connectivity index (χ3v) is 4.97. The third-order valence-electron chi connectivity index (χ3n) is 4.97. The predicted octanol–water partition coefficient (Wildman–Crippen LogP) is 1.10. The van der Waals surface area contributed by atoms with Gasteiger partial charge in [0.1, 0.15) is 0 Å². The van der Waals surface area contributed by atoms with Gasteiger partial charge in [-0.2, -0.15) is 0 Å². The summed E-state index contributed by atoms with van der Waals surface area (Å²) in [5.74, 6) is 0.278. The molecule has 0 amide bonds. The number of aliphatic hydroxyl groups excluding tert-OH is 1. The molecule has 0 heterocycles. The molecule has 0 radical (unpaired) electrons. The smallest absolute Gasteiger partial charge is 0.302 e. The summed E-state index contributed by atoms with van der Waals surface area (Å²) in [5, 5.41) is 20.7. The number of fused-ring (bicyclic) bond motifs is 2. The van der Waals surface area contributed by atoms with Crippen molar-refractivity contribution in [3.63, 3.8) is 0 Å². The molecule has 0 spiro atoms. The summed E-state index contributed by atoms with van der Waals surface area (Å²) in [5.41, 5.74) is -1.00. The minimum atomic E-state index is -1.09. The Bertz CT molecular complexity index is 325. The number of hydrogen-bond donors (Lipinski definition) is 2. The van der Waals surface area contributed by atoms with Gasteiger partial charge in [-0.05, 0) is 30.1 Å². The summed E-state index contributed by atoms with van der Waals surface area (Å²) in [6.45, 7) is 5.83. The van der Waals surface area contributed by atoms with Crippen LogP contribution < -0.4 is 0 Å². The first-order valence-electron chi connectivity index (χ1n) is 6.32. The lowest BCUT2D eigenvalue weighted by Crippen LogP contribution is -2.67. The Morgan fingerprint density at radius 3 is 2.59 bits per heavy atom. The van der Waals surface area contributed by atoms with E-state index >= 15 is 0 Å². The molecule has 17 heavy (non-hydrogen) atoms. The van der Waals surface area contributed by atoms with Crippen LogP contribution >= 0.6 is 0 Å². The van der Waals surface area contributed by atoms with Gasteiger partial charge >= 0.3 is 5.97 Å². The maximum Gasteiger partial charge on any atom is 0.302 e. The number of rotatable bonds is 3. The minimum Gasteiger partial charge on any atom is -0.466 e. The number of hydrogen-bond acceptors (Lipinski definition) is 4. The Kier molecular flexibility index (Phi) is 2.99. The van der Waals surface area contributed by atoms with E-state index in [2.05, 4.69) is 13.8 Å². The van der Waals surface area contributed by atoms with E-state index in [0.29, 0.717) is 18.8 Å². The van der Waals surface area contributed by atoms with Crippen molar-refractivity contribution < 1.29 is 19.7 Å². The van der Waals surface area contributed by atoms with E-state index in [-0.39, 0.29) is 23.9 Å². The van der Waals surface area contributed by atoms with Gasteiger partial charge in [0, 0.05) is 13.3 Å². The van der Waals surface area contributed by atoms with Crippen LogP contribution in [0.2, 0.25) is 0 Å². The highest BCUT2D eigenvalue weighted by atomic mass is 16.5. The molecule has 3 rings (SSSR count). The van der Waals surface area contributed by atoms with Gasteiger partial charge in [0.2, 0.25) is 0 Å². The van der Waals surface area contributed by atoms with Gasteiger partial charge < -0.3 is 14.9 Å². The molecule has 0 aromatic carbocycles. The average Bonchev–Trinajstić information content (AvgIpc) is 2.21. The van der Waals surface area contributed by atoms with Gasteiger partial charge in [0.25, 0.3) is 0 Å². The predicted molar refractivity (Wildman–Crippen MR) is 62.2 cm³/mol. The molecule has 4 atom stereocenters. The topological polar surface area (TPSA) is 66.8 Å². The fourth-order valence-electron chi connectivity index (χ4n) is 3.67. The molecule has 4 nitrogen and oxygen atoms in total. The molecule has 0 aromatic rings. The summed E-state index contributed by atoms with van der Waals surface area (Å²) >= 11 is 0. The van der Waals surface area contributed by atoms with Crippen molar-refractivity contribution in [1.82, 2.24) is 0 Å². The standard InChI is InChI=1S/C13H22O4/c1-8(14)17-5-4-13(16)10-6-9(7-11(13)15)12(10,2)3/h9-11,15-16H,4-7H2,1-3H3/t9-,10-,11+,13-/m1/s1. The number of aliphatic hydroxyl groups is 2. The highest BCUT2D eigenvalue weighted by Crippen LogP contribution is 2.63. The second-order valence-corrected chi connectivity index (χ2v) is 6.14. The SMILES string of the molecule is CC(=O)OCC[C@@]1(O)[C@@H]2C[C@H](C[C@@H]1O)C2(C)C. The van der Waals surface area contributed by atoms with Crippen molar-refractivity contribution in [2.24, 2.45) is 17.3 Å². The van der Waals surface area contributed by atoms with E-state index in [1.54, 1.807) is 0 Å². The first-order valence-corrected chi connectivity index (χ1v) is 6.32. The first-order chi connectivity index (χ1) is 7.78. The Hall–Kier alpha value is -0.610. The van der Waals surface area contributed by atoms with E-state index in [1.165, 1.54) is 6.92 Å². The molecule has 3 aliphatic rings. The van der Waals surface area contributed by atoms with Crippen molar-refractivity contribution >= 4 is 5.97 Å². The second-order valence-electron chi connectivity index (χ2n) is 6.14. The molecule has 3 aliphatic carbocycles. The zero-order valence-electron chi connectivity index (χ0n) is 10.8. The molecule has 0 unspecified atom stereocenters. The Morgan fingerprint density at radius 2 is 2.06 bits per heavy atom. The Morgan fingerprint density at radius 1 is 1.41 bits per heavy atom. The number of carbonyl (C=O) groups excluding carboxylic acids is 1. The second kappa shape index (κ2) is 3.95. The maximum absolute atomic E-state index is 10.7. The summed E-state index contributed by atoms with van der Waals surface area (Å²) in [6, 6.07) is 0. The van der Waals surface area contributed by atoms with E-state index in [1.807, 2.05) is 0 Å². The maximum atomic E-state index is 10.7. The lowest BCUT2D eigenvalue weighted by Gasteiger charge is -2.65.